The minimum absolute atomic E-state index is 0.00951. The minimum atomic E-state index is -0.856. The standard InChI is InChI=1S/C47H49N5O4/c1-33(2)55-41-24-21-34(30-48-41)43-39-29-38(51-28-26-46(44(51)54)25-27-50(32-46)31-42(53)56-45(3,4)5)22-23-40(39)52(49-43)47(35-15-9-6-10-16-35,36-17-11-7-12-18-36)37-19-13-8-14-20-37/h6-24,29-30,33H,25-28,31-32H2,1-5H3/t46-/m0/s1. The lowest BCUT2D eigenvalue weighted by Crippen LogP contribution is -2.39. The molecule has 9 heteroatoms. The number of anilines is 1. The van der Waals surface area contributed by atoms with E-state index in [1.807, 2.05) is 76.0 Å². The number of esters is 1. The summed E-state index contributed by atoms with van der Waals surface area (Å²) < 4.78 is 13.7. The van der Waals surface area contributed by atoms with Crippen LogP contribution in [0, 0.1) is 5.41 Å². The fourth-order valence-corrected chi connectivity index (χ4v) is 8.57. The lowest BCUT2D eigenvalue weighted by molar-refractivity contribution is -0.156. The van der Waals surface area contributed by atoms with Gasteiger partial charge < -0.3 is 14.4 Å². The van der Waals surface area contributed by atoms with E-state index in [4.69, 9.17) is 14.6 Å². The number of rotatable bonds is 10. The second kappa shape index (κ2) is 14.7. The van der Waals surface area contributed by atoms with Crippen LogP contribution >= 0.6 is 0 Å². The maximum absolute atomic E-state index is 14.5. The number of fused-ring (bicyclic) bond motifs is 1. The van der Waals surface area contributed by atoms with Crippen LogP contribution in [0.3, 0.4) is 0 Å². The zero-order valence-corrected chi connectivity index (χ0v) is 32.8. The molecule has 4 aromatic carbocycles. The number of hydrogen-bond acceptors (Lipinski definition) is 7. The third kappa shape index (κ3) is 6.85. The maximum atomic E-state index is 14.5. The summed E-state index contributed by atoms with van der Waals surface area (Å²) in [6, 6.07) is 41.7. The number of aromatic nitrogens is 3. The van der Waals surface area contributed by atoms with E-state index in [2.05, 4.69) is 106 Å². The number of carbonyl (C=O) groups is 2. The molecule has 0 radical (unpaired) electrons. The summed E-state index contributed by atoms with van der Waals surface area (Å²) in [6.45, 7) is 11.6. The van der Waals surface area contributed by atoms with Gasteiger partial charge >= 0.3 is 5.97 Å². The van der Waals surface area contributed by atoms with Gasteiger partial charge in [0.15, 0.2) is 0 Å². The summed E-state index contributed by atoms with van der Waals surface area (Å²) in [5.41, 5.74) is 4.56. The van der Waals surface area contributed by atoms with Crippen molar-refractivity contribution >= 4 is 28.5 Å². The van der Waals surface area contributed by atoms with Gasteiger partial charge in [-0.1, -0.05) is 91.0 Å². The predicted molar refractivity (Wildman–Crippen MR) is 220 cm³/mol. The third-order valence-electron chi connectivity index (χ3n) is 11.0. The van der Waals surface area contributed by atoms with Crippen LogP contribution in [0.15, 0.2) is 128 Å². The highest BCUT2D eigenvalue weighted by Gasteiger charge is 2.51. The van der Waals surface area contributed by atoms with Gasteiger partial charge in [0.25, 0.3) is 0 Å². The monoisotopic (exact) mass is 747 g/mol. The molecule has 0 aliphatic carbocycles. The van der Waals surface area contributed by atoms with E-state index in [1.54, 1.807) is 0 Å². The number of ether oxygens (including phenoxy) is 2. The topological polar surface area (TPSA) is 89.8 Å². The number of hydrogen-bond donors (Lipinski definition) is 0. The first kappa shape index (κ1) is 37.1. The molecule has 2 saturated heterocycles. The van der Waals surface area contributed by atoms with Crippen molar-refractivity contribution < 1.29 is 19.1 Å². The summed E-state index contributed by atoms with van der Waals surface area (Å²) in [5, 5.41) is 6.46. The van der Waals surface area contributed by atoms with Gasteiger partial charge in [0.1, 0.15) is 16.8 Å². The first-order valence-corrected chi connectivity index (χ1v) is 19.6. The zero-order chi connectivity index (χ0) is 39.1. The average Bonchev–Trinajstić information content (AvgIpc) is 3.87. The van der Waals surface area contributed by atoms with E-state index in [-0.39, 0.29) is 24.5 Å². The van der Waals surface area contributed by atoms with E-state index in [9.17, 15) is 9.59 Å². The quantitative estimate of drug-likeness (QED) is 0.103. The fraction of sp³-hybridized carbons (Fsp3) is 0.319. The van der Waals surface area contributed by atoms with E-state index in [0.29, 0.717) is 31.9 Å². The van der Waals surface area contributed by atoms with Gasteiger partial charge in [-0.3, -0.25) is 14.5 Å². The molecule has 6 aromatic rings. The Balaban J connectivity index is 1.26. The van der Waals surface area contributed by atoms with Gasteiger partial charge in [-0.05, 0) is 95.0 Å². The lowest BCUT2D eigenvalue weighted by Gasteiger charge is -2.37. The van der Waals surface area contributed by atoms with E-state index >= 15 is 0 Å². The van der Waals surface area contributed by atoms with E-state index in [0.717, 1.165) is 51.0 Å². The van der Waals surface area contributed by atoms with Crippen molar-refractivity contribution in [1.82, 2.24) is 19.7 Å². The van der Waals surface area contributed by atoms with Crippen LogP contribution in [-0.4, -0.2) is 69.4 Å². The number of likely N-dealkylation sites (tertiary alicyclic amines) is 1. The Hall–Kier alpha value is -5.80. The van der Waals surface area contributed by atoms with Crippen LogP contribution in [0.25, 0.3) is 22.2 Å². The molecule has 2 aliphatic rings. The number of amides is 1. The molecule has 0 bridgehead atoms. The molecule has 4 heterocycles. The third-order valence-corrected chi connectivity index (χ3v) is 11.0. The molecule has 1 spiro atoms. The van der Waals surface area contributed by atoms with Crippen molar-refractivity contribution in [3.05, 3.63) is 144 Å². The largest absolute Gasteiger partial charge is 0.475 e. The van der Waals surface area contributed by atoms with Crippen molar-refractivity contribution in [3.8, 4) is 17.1 Å². The van der Waals surface area contributed by atoms with Crippen LogP contribution in [0.2, 0.25) is 0 Å². The second-order valence-electron chi connectivity index (χ2n) is 16.4. The smallest absolute Gasteiger partial charge is 0.320 e. The molecule has 0 N–H and O–H groups in total. The average molecular weight is 748 g/mol. The summed E-state index contributed by atoms with van der Waals surface area (Å²) >= 11 is 0. The summed E-state index contributed by atoms with van der Waals surface area (Å²) in [6.07, 6.45) is 3.24. The molecular formula is C47H49N5O4. The Morgan fingerprint density at radius 2 is 1.41 bits per heavy atom. The van der Waals surface area contributed by atoms with Gasteiger partial charge in [-0.15, -0.1) is 0 Å². The zero-order valence-electron chi connectivity index (χ0n) is 32.8. The van der Waals surface area contributed by atoms with Crippen molar-refractivity contribution in [3.63, 3.8) is 0 Å². The first-order chi connectivity index (χ1) is 27.0. The van der Waals surface area contributed by atoms with Crippen LogP contribution in [0.5, 0.6) is 5.88 Å². The highest BCUT2D eigenvalue weighted by Crippen LogP contribution is 2.46. The highest BCUT2D eigenvalue weighted by molar-refractivity contribution is 6.03. The van der Waals surface area contributed by atoms with Crippen LogP contribution < -0.4 is 9.64 Å². The Kier molecular flexibility index (Phi) is 9.74. The SMILES string of the molecule is CC(C)Oc1ccc(-c2nn(C(c3ccccc3)(c3ccccc3)c3ccccc3)c3ccc(N4CC[C@]5(CCN(CC(=O)OC(C)(C)C)C5)C4=O)cc23)cn1. The molecule has 0 unspecified atom stereocenters. The molecule has 56 heavy (non-hydrogen) atoms. The number of pyridine rings is 1. The molecule has 8 rings (SSSR count). The minimum Gasteiger partial charge on any atom is -0.475 e. The van der Waals surface area contributed by atoms with Crippen LogP contribution in [-0.2, 0) is 19.9 Å². The normalized spacial score (nSPS) is 17.7. The summed E-state index contributed by atoms with van der Waals surface area (Å²) in [4.78, 5) is 35.8. The van der Waals surface area contributed by atoms with Crippen LogP contribution in [0.4, 0.5) is 5.69 Å². The van der Waals surface area contributed by atoms with Gasteiger partial charge in [0.2, 0.25) is 11.8 Å². The van der Waals surface area contributed by atoms with Gasteiger partial charge in [0.05, 0.1) is 23.6 Å². The number of benzene rings is 4. The van der Waals surface area contributed by atoms with Gasteiger partial charge in [-0.25, -0.2) is 9.67 Å². The molecule has 2 fully saturated rings. The highest BCUT2D eigenvalue weighted by atomic mass is 16.6. The van der Waals surface area contributed by atoms with Crippen molar-refractivity contribution in [1.29, 1.82) is 0 Å². The first-order valence-electron chi connectivity index (χ1n) is 19.6. The summed E-state index contributed by atoms with van der Waals surface area (Å²) in [5.74, 6) is 0.384. The second-order valence-corrected chi connectivity index (χ2v) is 16.4. The Labute approximate surface area is 328 Å². The van der Waals surface area contributed by atoms with Crippen LogP contribution in [0.1, 0.15) is 64.2 Å². The molecule has 0 saturated carbocycles. The molecule has 2 aromatic heterocycles. The lowest BCUT2D eigenvalue weighted by atomic mass is 9.77. The fourth-order valence-electron chi connectivity index (χ4n) is 8.57. The van der Waals surface area contributed by atoms with Crippen molar-refractivity contribution in [2.45, 2.75) is 64.7 Å². The van der Waals surface area contributed by atoms with Gasteiger partial charge in [0, 0.05) is 42.0 Å². The molecule has 9 nitrogen and oxygen atoms in total. The molecule has 286 valence electrons. The van der Waals surface area contributed by atoms with Crippen molar-refractivity contribution in [2.24, 2.45) is 5.41 Å². The predicted octanol–water partition coefficient (Wildman–Crippen LogP) is 8.50. The van der Waals surface area contributed by atoms with Gasteiger partial charge in [-0.2, -0.15) is 5.10 Å². The maximum Gasteiger partial charge on any atom is 0.320 e. The molecule has 1 amide bonds. The van der Waals surface area contributed by atoms with E-state index < -0.39 is 16.6 Å². The van der Waals surface area contributed by atoms with E-state index in [1.165, 1.54) is 0 Å². The molecule has 2 aliphatic heterocycles. The number of carbonyl (C=O) groups excluding carboxylic acids is 2. The molecular weight excluding hydrogens is 699 g/mol. The Morgan fingerprint density at radius 3 is 1.96 bits per heavy atom. The Morgan fingerprint density at radius 1 is 0.804 bits per heavy atom. The molecule has 1 atom stereocenters. The number of nitrogens with zero attached hydrogens (tertiary/aromatic N) is 5. The Bertz CT molecular complexity index is 2240. The summed E-state index contributed by atoms with van der Waals surface area (Å²) in [7, 11) is 0. The van der Waals surface area contributed by atoms with Crippen molar-refractivity contribution in [2.75, 3.05) is 31.1 Å².